The number of hydrogen-bond acceptors (Lipinski definition) is 4. The van der Waals surface area contributed by atoms with Crippen molar-refractivity contribution in [1.82, 2.24) is 14.7 Å². The van der Waals surface area contributed by atoms with E-state index in [1.54, 1.807) is 0 Å². The molecule has 0 amide bonds. The van der Waals surface area contributed by atoms with Gasteiger partial charge in [0.15, 0.2) is 0 Å². The second kappa shape index (κ2) is 6.05. The van der Waals surface area contributed by atoms with Crippen LogP contribution in [0.25, 0.3) is 0 Å². The molecule has 1 fully saturated rings. The zero-order chi connectivity index (χ0) is 14.0. The maximum absolute atomic E-state index is 8.91. The summed E-state index contributed by atoms with van der Waals surface area (Å²) in [5, 5.41) is 16.8. The van der Waals surface area contributed by atoms with Gasteiger partial charge in [-0.25, -0.2) is 0 Å². The molecule has 0 aromatic carbocycles. The van der Waals surface area contributed by atoms with Gasteiger partial charge in [-0.2, -0.15) is 5.10 Å². The topological polar surface area (TPSA) is 53.7 Å². The number of oxime groups is 1. The summed E-state index contributed by atoms with van der Waals surface area (Å²) < 4.78 is 3.09. The van der Waals surface area contributed by atoms with Gasteiger partial charge in [0.25, 0.3) is 0 Å². The molecule has 0 bridgehead atoms. The van der Waals surface area contributed by atoms with Crippen LogP contribution in [0.4, 0.5) is 0 Å². The molecule has 6 heteroatoms. The molecule has 0 saturated carbocycles. The molecule has 1 atom stereocenters. The second-order valence-corrected chi connectivity index (χ2v) is 5.96. The molecule has 0 spiro atoms. The van der Waals surface area contributed by atoms with E-state index in [2.05, 4.69) is 44.9 Å². The predicted molar refractivity (Wildman–Crippen MR) is 78.6 cm³/mol. The van der Waals surface area contributed by atoms with Crippen molar-refractivity contribution in [1.29, 1.82) is 0 Å². The lowest BCUT2D eigenvalue weighted by Crippen LogP contribution is -2.39. The number of aryl methyl sites for hydroxylation is 2. The van der Waals surface area contributed by atoms with E-state index < -0.39 is 0 Å². The van der Waals surface area contributed by atoms with Crippen LogP contribution >= 0.6 is 15.9 Å². The third-order valence-corrected chi connectivity index (χ3v) is 4.71. The van der Waals surface area contributed by atoms with Crippen LogP contribution in [0.2, 0.25) is 0 Å². The number of hydrogen-bond donors (Lipinski definition) is 1. The highest BCUT2D eigenvalue weighted by Gasteiger charge is 2.24. The Morgan fingerprint density at radius 2 is 2.26 bits per heavy atom. The van der Waals surface area contributed by atoms with E-state index in [-0.39, 0.29) is 0 Å². The van der Waals surface area contributed by atoms with Crippen LogP contribution in [0, 0.1) is 5.92 Å². The number of likely N-dealkylation sites (tertiary alicyclic amines) is 1. The third kappa shape index (κ3) is 3.00. The summed E-state index contributed by atoms with van der Waals surface area (Å²) in [6, 6.07) is 0. The minimum absolute atomic E-state index is 0.316. The van der Waals surface area contributed by atoms with Gasteiger partial charge in [0.05, 0.1) is 21.6 Å². The van der Waals surface area contributed by atoms with Crippen molar-refractivity contribution in [3.63, 3.8) is 0 Å². The van der Waals surface area contributed by atoms with Crippen LogP contribution in [0.15, 0.2) is 9.63 Å². The number of halogens is 1. The summed E-state index contributed by atoms with van der Waals surface area (Å²) in [5.74, 6) is 0.316. The lowest BCUT2D eigenvalue weighted by Gasteiger charge is -2.31. The van der Waals surface area contributed by atoms with Crippen molar-refractivity contribution in [3.05, 3.63) is 15.9 Å². The van der Waals surface area contributed by atoms with Crippen LogP contribution in [0.1, 0.15) is 31.7 Å². The molecule has 2 rings (SSSR count). The molecule has 2 heterocycles. The first-order valence-corrected chi connectivity index (χ1v) is 7.49. The van der Waals surface area contributed by atoms with Crippen molar-refractivity contribution >= 4 is 21.6 Å². The summed E-state index contributed by atoms with van der Waals surface area (Å²) in [6.45, 7) is 6.97. The zero-order valence-electron chi connectivity index (χ0n) is 11.7. The van der Waals surface area contributed by atoms with Gasteiger partial charge < -0.3 is 5.21 Å². The first-order chi connectivity index (χ1) is 9.06. The summed E-state index contributed by atoms with van der Waals surface area (Å²) in [5.41, 5.74) is 3.24. The number of nitrogens with zero attached hydrogens (tertiary/aromatic N) is 4. The Morgan fingerprint density at radius 1 is 1.53 bits per heavy atom. The number of rotatable bonds is 3. The van der Waals surface area contributed by atoms with Gasteiger partial charge in [0.2, 0.25) is 0 Å². The van der Waals surface area contributed by atoms with E-state index in [0.29, 0.717) is 5.92 Å². The van der Waals surface area contributed by atoms with Gasteiger partial charge in [0.1, 0.15) is 0 Å². The van der Waals surface area contributed by atoms with Crippen molar-refractivity contribution < 1.29 is 5.21 Å². The monoisotopic (exact) mass is 328 g/mol. The normalized spacial score (nSPS) is 23.2. The lowest BCUT2D eigenvalue weighted by molar-refractivity contribution is 0.223. The van der Waals surface area contributed by atoms with Crippen molar-refractivity contribution in [2.24, 2.45) is 18.1 Å². The van der Waals surface area contributed by atoms with Gasteiger partial charge in [0, 0.05) is 39.0 Å². The van der Waals surface area contributed by atoms with Crippen LogP contribution < -0.4 is 0 Å². The Hall–Kier alpha value is -0.880. The maximum Gasteiger partial charge on any atom is 0.0767 e. The predicted octanol–water partition coefficient (Wildman–Crippen LogP) is 2.42. The molecule has 1 saturated heterocycles. The average molecular weight is 329 g/mol. The Morgan fingerprint density at radius 3 is 2.79 bits per heavy atom. The van der Waals surface area contributed by atoms with Gasteiger partial charge in [-0.1, -0.05) is 19.0 Å². The molecule has 1 aromatic heterocycles. The fourth-order valence-electron chi connectivity index (χ4n) is 2.60. The highest BCUT2D eigenvalue weighted by atomic mass is 79.9. The molecule has 1 aliphatic heterocycles. The summed E-state index contributed by atoms with van der Waals surface area (Å²) >= 11 is 3.66. The van der Waals surface area contributed by atoms with E-state index >= 15 is 0 Å². The van der Waals surface area contributed by atoms with Crippen LogP contribution in [0.3, 0.4) is 0 Å². The molecule has 1 aromatic rings. The molecular weight excluding hydrogens is 308 g/mol. The highest BCUT2D eigenvalue weighted by molar-refractivity contribution is 9.10. The maximum atomic E-state index is 8.91. The number of aromatic nitrogens is 2. The van der Waals surface area contributed by atoms with E-state index in [0.717, 1.165) is 48.4 Å². The van der Waals surface area contributed by atoms with Gasteiger partial charge >= 0.3 is 0 Å². The highest BCUT2D eigenvalue weighted by Crippen LogP contribution is 2.24. The molecule has 1 unspecified atom stereocenters. The standard InChI is InChI=1S/C13H21BrN4O/c1-4-10-13(14)12(17(3)15-10)8-18-6-5-11(16-19)9(2)7-18/h9,19H,4-8H2,1-3H3. The number of piperidine rings is 1. The smallest absolute Gasteiger partial charge is 0.0767 e. The van der Waals surface area contributed by atoms with Crippen LogP contribution in [-0.2, 0) is 20.0 Å². The third-order valence-electron chi connectivity index (χ3n) is 3.79. The van der Waals surface area contributed by atoms with Gasteiger partial charge in [-0.3, -0.25) is 9.58 Å². The van der Waals surface area contributed by atoms with Crippen LogP contribution in [-0.4, -0.2) is 38.7 Å². The fraction of sp³-hybridized carbons (Fsp3) is 0.692. The Balaban J connectivity index is 2.08. The summed E-state index contributed by atoms with van der Waals surface area (Å²) in [7, 11) is 1.99. The van der Waals surface area contributed by atoms with E-state index in [1.165, 1.54) is 5.69 Å². The van der Waals surface area contributed by atoms with Gasteiger partial charge in [-0.05, 0) is 22.4 Å². The van der Waals surface area contributed by atoms with E-state index in [4.69, 9.17) is 5.21 Å². The first kappa shape index (κ1) is 14.5. The molecule has 106 valence electrons. The Labute approximate surface area is 122 Å². The second-order valence-electron chi connectivity index (χ2n) is 5.16. The molecule has 5 nitrogen and oxygen atoms in total. The van der Waals surface area contributed by atoms with Crippen LogP contribution in [0.5, 0.6) is 0 Å². The molecule has 1 N–H and O–H groups in total. The minimum atomic E-state index is 0.316. The van der Waals surface area contributed by atoms with Crippen molar-refractivity contribution in [2.75, 3.05) is 13.1 Å². The summed E-state index contributed by atoms with van der Waals surface area (Å²) in [6.07, 6.45) is 1.78. The molecule has 0 aliphatic carbocycles. The Kier molecular flexibility index (Phi) is 4.62. The fourth-order valence-corrected chi connectivity index (χ4v) is 3.34. The molecule has 0 radical (unpaired) electrons. The van der Waals surface area contributed by atoms with Gasteiger partial charge in [-0.15, -0.1) is 0 Å². The molecular formula is C13H21BrN4O. The lowest BCUT2D eigenvalue weighted by atomic mass is 9.97. The average Bonchev–Trinajstić information content (AvgIpc) is 2.66. The van der Waals surface area contributed by atoms with E-state index in [9.17, 15) is 0 Å². The van der Waals surface area contributed by atoms with Crippen molar-refractivity contribution in [3.8, 4) is 0 Å². The minimum Gasteiger partial charge on any atom is -0.411 e. The molecule has 1 aliphatic rings. The SMILES string of the molecule is CCc1nn(C)c(CN2CCC(=NO)C(C)C2)c1Br. The largest absolute Gasteiger partial charge is 0.411 e. The Bertz CT molecular complexity index is 483. The quantitative estimate of drug-likeness (QED) is 0.684. The summed E-state index contributed by atoms with van der Waals surface area (Å²) in [4.78, 5) is 2.39. The van der Waals surface area contributed by atoms with E-state index in [1.807, 2.05) is 11.7 Å². The molecule has 19 heavy (non-hydrogen) atoms. The zero-order valence-corrected chi connectivity index (χ0v) is 13.3. The van der Waals surface area contributed by atoms with Crippen molar-refractivity contribution in [2.45, 2.75) is 33.2 Å². The first-order valence-electron chi connectivity index (χ1n) is 6.70.